The van der Waals surface area contributed by atoms with Crippen LogP contribution in [0.15, 0.2) is 23.2 Å². The summed E-state index contributed by atoms with van der Waals surface area (Å²) in [4.78, 5) is 6.67. The van der Waals surface area contributed by atoms with Gasteiger partial charge in [0.1, 0.15) is 5.82 Å². The molecule has 2 saturated heterocycles. The van der Waals surface area contributed by atoms with Crippen LogP contribution in [0.2, 0.25) is 5.02 Å². The van der Waals surface area contributed by atoms with Gasteiger partial charge in [-0.3, -0.25) is 9.89 Å². The number of piperidine rings is 1. The van der Waals surface area contributed by atoms with Crippen LogP contribution in [-0.2, 0) is 16.0 Å². The van der Waals surface area contributed by atoms with Crippen molar-refractivity contribution in [2.75, 3.05) is 46.5 Å². The Kier molecular flexibility index (Phi) is 11.7. The first-order valence-electron chi connectivity index (χ1n) is 10.5. The lowest BCUT2D eigenvalue weighted by molar-refractivity contribution is 0.0191. The molecule has 170 valence electrons. The molecule has 0 spiro atoms. The number of hydrogen-bond acceptors (Lipinski definition) is 4. The van der Waals surface area contributed by atoms with Crippen molar-refractivity contribution in [2.24, 2.45) is 4.99 Å². The van der Waals surface area contributed by atoms with E-state index in [4.69, 9.17) is 21.1 Å². The summed E-state index contributed by atoms with van der Waals surface area (Å²) in [5.74, 6) is 0.490. The van der Waals surface area contributed by atoms with Gasteiger partial charge in [-0.15, -0.1) is 24.0 Å². The van der Waals surface area contributed by atoms with Gasteiger partial charge in [0.05, 0.1) is 19.3 Å². The lowest BCUT2D eigenvalue weighted by atomic mass is 10.0. The van der Waals surface area contributed by atoms with E-state index >= 15 is 0 Å². The van der Waals surface area contributed by atoms with Gasteiger partial charge in [0.2, 0.25) is 0 Å². The van der Waals surface area contributed by atoms with Crippen molar-refractivity contribution in [3.05, 3.63) is 34.6 Å². The highest BCUT2D eigenvalue weighted by Crippen LogP contribution is 2.21. The molecule has 2 unspecified atom stereocenters. The number of hydrogen-bond donors (Lipinski definition) is 2. The molecule has 2 fully saturated rings. The molecular formula is C21H33ClFIN4O2. The number of halogens is 3. The summed E-state index contributed by atoms with van der Waals surface area (Å²) in [6, 6.07) is 4.92. The Labute approximate surface area is 200 Å². The largest absolute Gasteiger partial charge is 0.377 e. The highest BCUT2D eigenvalue weighted by Gasteiger charge is 2.21. The molecule has 2 aliphatic rings. The first-order valence-corrected chi connectivity index (χ1v) is 10.8. The van der Waals surface area contributed by atoms with Crippen LogP contribution in [0.5, 0.6) is 0 Å². The van der Waals surface area contributed by atoms with Gasteiger partial charge in [0.15, 0.2) is 5.96 Å². The lowest BCUT2D eigenvalue weighted by Crippen LogP contribution is -2.51. The Hall–Kier alpha value is -0.680. The monoisotopic (exact) mass is 554 g/mol. The first kappa shape index (κ1) is 25.6. The average molecular weight is 555 g/mol. The minimum Gasteiger partial charge on any atom is -0.377 e. The van der Waals surface area contributed by atoms with E-state index in [1.54, 1.807) is 13.1 Å². The third kappa shape index (κ3) is 8.45. The molecule has 0 amide bonds. The number of nitrogens with zero attached hydrogens (tertiary/aromatic N) is 2. The molecule has 2 atom stereocenters. The van der Waals surface area contributed by atoms with Crippen LogP contribution in [0.4, 0.5) is 4.39 Å². The first-order chi connectivity index (χ1) is 14.1. The van der Waals surface area contributed by atoms with Crippen LogP contribution in [0.1, 0.15) is 31.2 Å². The van der Waals surface area contributed by atoms with Crippen molar-refractivity contribution in [2.45, 2.75) is 44.4 Å². The van der Waals surface area contributed by atoms with Gasteiger partial charge in [-0.2, -0.15) is 0 Å². The van der Waals surface area contributed by atoms with Crippen LogP contribution in [0.25, 0.3) is 0 Å². The molecule has 3 rings (SSSR count). The van der Waals surface area contributed by atoms with Crippen LogP contribution >= 0.6 is 35.6 Å². The standard InChI is InChI=1S/C21H32ClFN4O2.HI/c1-24-21(25-8-11-28-15-19-5-3-10-29-19)26-18-4-2-9-27(14-18)13-16-6-7-17(23)12-20(16)22;/h6-7,12,18-19H,2-5,8-11,13-15H2,1H3,(H2,24,25,26);1H. The number of likely N-dealkylation sites (tertiary alicyclic amines) is 1. The molecule has 2 N–H and O–H groups in total. The summed E-state index contributed by atoms with van der Waals surface area (Å²) in [5, 5.41) is 7.30. The number of ether oxygens (including phenoxy) is 2. The van der Waals surface area contributed by atoms with Gasteiger partial charge in [-0.1, -0.05) is 17.7 Å². The number of aliphatic imine (C=N–C) groups is 1. The molecule has 1 aromatic carbocycles. The quantitative estimate of drug-likeness (QED) is 0.223. The van der Waals surface area contributed by atoms with Crippen molar-refractivity contribution in [1.29, 1.82) is 0 Å². The summed E-state index contributed by atoms with van der Waals surface area (Å²) in [6.07, 6.45) is 4.67. The maximum Gasteiger partial charge on any atom is 0.191 e. The summed E-state index contributed by atoms with van der Waals surface area (Å²) in [7, 11) is 1.78. The van der Waals surface area contributed by atoms with E-state index in [1.807, 2.05) is 0 Å². The zero-order valence-electron chi connectivity index (χ0n) is 17.5. The van der Waals surface area contributed by atoms with Gasteiger partial charge in [-0.25, -0.2) is 4.39 Å². The zero-order chi connectivity index (χ0) is 20.5. The molecular weight excluding hydrogens is 522 g/mol. The molecule has 0 saturated carbocycles. The minimum absolute atomic E-state index is 0. The Balaban J connectivity index is 0.00000320. The summed E-state index contributed by atoms with van der Waals surface area (Å²) < 4.78 is 24.5. The highest BCUT2D eigenvalue weighted by atomic mass is 127. The van der Waals surface area contributed by atoms with Crippen molar-refractivity contribution >= 4 is 41.5 Å². The molecule has 0 bridgehead atoms. The minimum atomic E-state index is -0.299. The molecule has 0 aromatic heterocycles. The highest BCUT2D eigenvalue weighted by molar-refractivity contribution is 14.0. The SMILES string of the molecule is CN=C(NCCOCC1CCCO1)NC1CCCN(Cc2ccc(F)cc2Cl)C1.I. The Morgan fingerprint density at radius 3 is 2.97 bits per heavy atom. The van der Waals surface area contributed by atoms with E-state index in [0.717, 1.165) is 63.4 Å². The van der Waals surface area contributed by atoms with Gasteiger partial charge >= 0.3 is 0 Å². The molecule has 1 aromatic rings. The summed E-state index contributed by atoms with van der Waals surface area (Å²) in [6.45, 7) is 5.47. The van der Waals surface area contributed by atoms with Gasteiger partial charge in [-0.05, 0) is 49.9 Å². The van der Waals surface area contributed by atoms with E-state index in [-0.39, 0.29) is 35.9 Å². The second-order valence-electron chi connectivity index (χ2n) is 7.66. The van der Waals surface area contributed by atoms with Gasteiger partial charge in [0, 0.05) is 44.4 Å². The fraction of sp³-hybridized carbons (Fsp3) is 0.667. The van der Waals surface area contributed by atoms with Crippen molar-refractivity contribution < 1.29 is 13.9 Å². The lowest BCUT2D eigenvalue weighted by Gasteiger charge is -2.34. The van der Waals surface area contributed by atoms with Gasteiger partial charge < -0.3 is 20.1 Å². The van der Waals surface area contributed by atoms with Crippen LogP contribution in [0.3, 0.4) is 0 Å². The van der Waals surface area contributed by atoms with Crippen LogP contribution in [0, 0.1) is 5.82 Å². The maximum absolute atomic E-state index is 13.3. The molecule has 0 radical (unpaired) electrons. The molecule has 2 heterocycles. The topological polar surface area (TPSA) is 58.1 Å². The second-order valence-corrected chi connectivity index (χ2v) is 8.07. The van der Waals surface area contributed by atoms with Crippen molar-refractivity contribution in [3.8, 4) is 0 Å². The summed E-state index contributed by atoms with van der Waals surface area (Å²) >= 11 is 6.19. The maximum atomic E-state index is 13.3. The molecule has 9 heteroatoms. The van der Waals surface area contributed by atoms with E-state index in [0.29, 0.717) is 30.8 Å². The Morgan fingerprint density at radius 1 is 1.37 bits per heavy atom. The fourth-order valence-corrected chi connectivity index (χ4v) is 4.05. The molecule has 30 heavy (non-hydrogen) atoms. The van der Waals surface area contributed by atoms with Crippen LogP contribution in [-0.4, -0.2) is 69.5 Å². The van der Waals surface area contributed by atoms with Crippen LogP contribution < -0.4 is 10.6 Å². The number of rotatable bonds is 8. The van der Waals surface area contributed by atoms with E-state index in [1.165, 1.54) is 12.1 Å². The van der Waals surface area contributed by atoms with E-state index in [2.05, 4.69) is 20.5 Å². The third-order valence-corrected chi connectivity index (χ3v) is 5.70. The zero-order valence-corrected chi connectivity index (χ0v) is 20.6. The summed E-state index contributed by atoms with van der Waals surface area (Å²) in [5.41, 5.74) is 0.958. The normalized spacial score (nSPS) is 22.6. The van der Waals surface area contributed by atoms with Crippen molar-refractivity contribution in [3.63, 3.8) is 0 Å². The molecule has 0 aliphatic carbocycles. The Morgan fingerprint density at radius 2 is 2.23 bits per heavy atom. The number of nitrogens with one attached hydrogen (secondary N) is 2. The van der Waals surface area contributed by atoms with E-state index in [9.17, 15) is 4.39 Å². The van der Waals surface area contributed by atoms with E-state index < -0.39 is 0 Å². The molecule has 2 aliphatic heterocycles. The third-order valence-electron chi connectivity index (χ3n) is 5.35. The number of benzene rings is 1. The fourth-order valence-electron chi connectivity index (χ4n) is 3.83. The molecule has 6 nitrogen and oxygen atoms in total. The average Bonchev–Trinajstić information content (AvgIpc) is 3.23. The predicted molar refractivity (Wildman–Crippen MR) is 129 cm³/mol. The Bertz CT molecular complexity index is 676. The van der Waals surface area contributed by atoms with Crippen molar-refractivity contribution in [1.82, 2.24) is 15.5 Å². The van der Waals surface area contributed by atoms with Gasteiger partial charge in [0.25, 0.3) is 0 Å². The smallest absolute Gasteiger partial charge is 0.191 e. The number of guanidine groups is 1. The second kappa shape index (κ2) is 13.7. The predicted octanol–water partition coefficient (Wildman–Crippen LogP) is 3.42.